The molecule has 0 atom stereocenters. The summed E-state index contributed by atoms with van der Waals surface area (Å²) in [6, 6.07) is 0. The monoisotopic (exact) mass is 206 g/mol. The normalized spacial score (nSPS) is 20.7. The van der Waals surface area contributed by atoms with E-state index in [0.717, 1.165) is 0 Å². The number of hydrogen-bond acceptors (Lipinski definition) is 3. The highest BCUT2D eigenvalue weighted by Gasteiger charge is 2.21. The van der Waals surface area contributed by atoms with Crippen molar-refractivity contribution >= 4 is 29.3 Å². The number of carbonyl (C=O) groups excluding carboxylic acids is 1. The molecule has 72 valence electrons. The lowest BCUT2D eigenvalue weighted by atomic mass is 10.5. The Labute approximate surface area is 84.1 Å². The third-order valence-electron chi connectivity index (χ3n) is 1.19. The van der Waals surface area contributed by atoms with Gasteiger partial charge in [0.15, 0.2) is 0 Å². The van der Waals surface area contributed by atoms with Gasteiger partial charge in [0.25, 0.3) is 0 Å². The molecule has 1 rings (SSSR count). The van der Waals surface area contributed by atoms with Gasteiger partial charge in [-0.1, -0.05) is 0 Å². The Kier molecular flexibility index (Phi) is 6.10. The number of hydrogen-bond donors (Lipinski definition) is 0. The third kappa shape index (κ3) is 8.47. The molecule has 0 radical (unpaired) electrons. The minimum Gasteiger partial charge on any atom is -0.300 e. The molecule has 1 aliphatic rings. The van der Waals surface area contributed by atoms with E-state index >= 15 is 0 Å². The summed E-state index contributed by atoms with van der Waals surface area (Å²) in [5, 5.41) is 0. The van der Waals surface area contributed by atoms with E-state index in [9.17, 15) is 4.79 Å². The number of rotatable bonds is 0. The summed E-state index contributed by atoms with van der Waals surface area (Å²) in [7, 11) is 0. The number of ketones is 1. The Balaban J connectivity index is 0.000000261. The van der Waals surface area contributed by atoms with Crippen LogP contribution < -0.4 is 0 Å². The molecule has 0 spiro atoms. The lowest BCUT2D eigenvalue weighted by Gasteiger charge is -2.27. The Morgan fingerprint density at radius 3 is 1.67 bits per heavy atom. The first-order chi connectivity index (χ1) is 5.44. The maximum atomic E-state index is 9.44. The van der Waals surface area contributed by atoms with Crippen molar-refractivity contribution in [3.05, 3.63) is 0 Å². The summed E-state index contributed by atoms with van der Waals surface area (Å²) >= 11 is 4.17. The molecule has 0 aliphatic carbocycles. The van der Waals surface area contributed by atoms with Crippen molar-refractivity contribution in [2.24, 2.45) is 0 Å². The van der Waals surface area contributed by atoms with E-state index < -0.39 is 0 Å². The van der Waals surface area contributed by atoms with Crippen molar-refractivity contribution in [1.82, 2.24) is 0 Å². The van der Waals surface area contributed by atoms with Gasteiger partial charge in [-0.25, -0.2) is 0 Å². The molecule has 3 heteroatoms. The van der Waals surface area contributed by atoms with E-state index in [1.165, 1.54) is 31.8 Å². The molecule has 12 heavy (non-hydrogen) atoms. The van der Waals surface area contributed by atoms with Gasteiger partial charge >= 0.3 is 0 Å². The number of carbonyl (C=O) groups is 1. The first-order valence-electron chi connectivity index (χ1n) is 4.19. The highest BCUT2D eigenvalue weighted by molar-refractivity contribution is 8.18. The van der Waals surface area contributed by atoms with Gasteiger partial charge in [0, 0.05) is 0 Å². The Morgan fingerprint density at radius 2 is 1.50 bits per heavy atom. The first-order valence-corrected chi connectivity index (χ1v) is 6.16. The summed E-state index contributed by atoms with van der Waals surface area (Å²) in [4.78, 5) is 9.44. The van der Waals surface area contributed by atoms with Crippen LogP contribution in [0.4, 0.5) is 0 Å². The molecule has 1 nitrogen and oxygen atoms in total. The lowest BCUT2D eigenvalue weighted by Crippen LogP contribution is -2.15. The smallest absolute Gasteiger partial charge is 0.126 e. The Morgan fingerprint density at radius 1 is 1.17 bits per heavy atom. The van der Waals surface area contributed by atoms with Crippen LogP contribution in [0.2, 0.25) is 0 Å². The van der Waals surface area contributed by atoms with E-state index in [1.807, 2.05) is 0 Å². The van der Waals surface area contributed by atoms with Crippen LogP contribution in [0.5, 0.6) is 0 Å². The predicted molar refractivity (Wildman–Crippen MR) is 60.0 cm³/mol. The van der Waals surface area contributed by atoms with Gasteiger partial charge in [-0.15, -0.1) is 23.5 Å². The zero-order chi connectivity index (χ0) is 9.61. The summed E-state index contributed by atoms with van der Waals surface area (Å²) in [6.45, 7) is 7.67. The fourth-order valence-electron chi connectivity index (χ4n) is 0.737. The number of thioether (sulfide) groups is 2. The third-order valence-corrected chi connectivity index (χ3v) is 4.27. The summed E-state index contributed by atoms with van der Waals surface area (Å²) in [6.07, 6.45) is 1.40. The topological polar surface area (TPSA) is 17.1 Å². The van der Waals surface area contributed by atoms with E-state index in [-0.39, 0.29) is 5.78 Å². The lowest BCUT2D eigenvalue weighted by molar-refractivity contribution is -0.114. The summed E-state index contributed by atoms with van der Waals surface area (Å²) in [5.74, 6) is 2.89. The second-order valence-corrected chi connectivity index (χ2v) is 7.05. The van der Waals surface area contributed by atoms with Crippen molar-refractivity contribution in [3.63, 3.8) is 0 Å². The fourth-order valence-corrected chi connectivity index (χ4v) is 3.31. The molecule has 0 aromatic rings. The van der Waals surface area contributed by atoms with Gasteiger partial charge in [0.05, 0.1) is 4.08 Å². The highest BCUT2D eigenvalue weighted by Crippen LogP contribution is 2.40. The highest BCUT2D eigenvalue weighted by atomic mass is 32.2. The maximum absolute atomic E-state index is 9.44. The van der Waals surface area contributed by atoms with Gasteiger partial charge in [-0.2, -0.15) is 0 Å². The van der Waals surface area contributed by atoms with Crippen LogP contribution in [0.1, 0.15) is 34.1 Å². The van der Waals surface area contributed by atoms with Crippen molar-refractivity contribution in [1.29, 1.82) is 0 Å². The average Bonchev–Trinajstić information content (AvgIpc) is 1.85. The van der Waals surface area contributed by atoms with Gasteiger partial charge in [-0.3, -0.25) is 0 Å². The van der Waals surface area contributed by atoms with Crippen LogP contribution in [-0.2, 0) is 4.79 Å². The van der Waals surface area contributed by atoms with E-state index in [2.05, 4.69) is 37.4 Å². The van der Waals surface area contributed by atoms with Crippen molar-refractivity contribution in [3.8, 4) is 0 Å². The van der Waals surface area contributed by atoms with Crippen LogP contribution in [0.15, 0.2) is 0 Å². The molecule has 0 saturated carbocycles. The van der Waals surface area contributed by atoms with E-state index in [1.54, 1.807) is 0 Å². The van der Waals surface area contributed by atoms with Crippen LogP contribution in [0.25, 0.3) is 0 Å². The van der Waals surface area contributed by atoms with Gasteiger partial charge < -0.3 is 4.79 Å². The first kappa shape index (κ1) is 12.4. The molecule has 0 aromatic heterocycles. The van der Waals surface area contributed by atoms with E-state index in [4.69, 9.17) is 0 Å². The van der Waals surface area contributed by atoms with Crippen molar-refractivity contribution < 1.29 is 4.79 Å². The maximum Gasteiger partial charge on any atom is 0.126 e. The standard InChI is InChI=1S/C6H12S2.C3H6O/c1-6(2)7-4-3-5-8-6;1-3(2)4/h3-5H2,1-2H3;1-2H3. The zero-order valence-corrected chi connectivity index (χ0v) is 9.98. The summed E-state index contributed by atoms with van der Waals surface area (Å²) < 4.78 is 0.512. The van der Waals surface area contributed by atoms with Crippen LogP contribution in [0.3, 0.4) is 0 Å². The zero-order valence-electron chi connectivity index (χ0n) is 8.35. The molecular weight excluding hydrogens is 188 g/mol. The second-order valence-electron chi connectivity index (χ2n) is 3.36. The molecule has 0 bridgehead atoms. The largest absolute Gasteiger partial charge is 0.300 e. The molecule has 0 amide bonds. The second kappa shape index (κ2) is 5.92. The molecule has 0 unspecified atom stereocenters. The molecular formula is C9H18OS2. The minimum atomic E-state index is 0.167. The van der Waals surface area contributed by atoms with Crippen LogP contribution in [0, 0.1) is 0 Å². The van der Waals surface area contributed by atoms with Gasteiger partial charge in [0.2, 0.25) is 0 Å². The molecule has 0 N–H and O–H groups in total. The van der Waals surface area contributed by atoms with Crippen LogP contribution in [-0.4, -0.2) is 21.4 Å². The van der Waals surface area contributed by atoms with Gasteiger partial charge in [-0.05, 0) is 45.6 Å². The number of Topliss-reactive ketones (excluding diaryl/α,β-unsaturated/α-hetero) is 1. The molecule has 0 aromatic carbocycles. The quantitative estimate of drug-likeness (QED) is 0.606. The summed E-state index contributed by atoms with van der Waals surface area (Å²) in [5.41, 5.74) is 0. The molecule has 1 saturated heterocycles. The van der Waals surface area contributed by atoms with E-state index in [0.29, 0.717) is 4.08 Å². The van der Waals surface area contributed by atoms with Crippen molar-refractivity contribution in [2.45, 2.75) is 38.2 Å². The van der Waals surface area contributed by atoms with Crippen molar-refractivity contribution in [2.75, 3.05) is 11.5 Å². The predicted octanol–water partition coefficient (Wildman–Crippen LogP) is 3.19. The average molecular weight is 206 g/mol. The SMILES string of the molecule is CC(C)=O.CC1(C)SCCCS1. The Bertz CT molecular complexity index is 131. The minimum absolute atomic E-state index is 0.167. The van der Waals surface area contributed by atoms with Crippen LogP contribution >= 0.6 is 23.5 Å². The molecule has 1 fully saturated rings. The van der Waals surface area contributed by atoms with Gasteiger partial charge in [0.1, 0.15) is 5.78 Å². The fraction of sp³-hybridized carbons (Fsp3) is 0.889. The molecule has 1 aliphatic heterocycles. The molecule has 1 heterocycles. The Hall–Kier alpha value is 0.370.